The Labute approximate surface area is 104 Å². The number of rotatable bonds is 2. The SMILES string of the molecule is O=C1CSC(=S)N1N=CC1CC2C=CC1C2. The van der Waals surface area contributed by atoms with E-state index in [1.165, 1.54) is 29.6 Å². The molecule has 0 aromatic rings. The molecule has 1 amide bonds. The van der Waals surface area contributed by atoms with Gasteiger partial charge >= 0.3 is 0 Å². The third-order valence-corrected chi connectivity index (χ3v) is 4.77. The molecule has 5 heteroatoms. The minimum Gasteiger partial charge on any atom is -0.272 e. The Morgan fingerprint density at radius 1 is 1.50 bits per heavy atom. The van der Waals surface area contributed by atoms with Crippen LogP contribution in [0.3, 0.4) is 0 Å². The second-order valence-corrected chi connectivity index (χ2v) is 6.08. The Morgan fingerprint density at radius 2 is 2.38 bits per heavy atom. The third-order valence-electron chi connectivity index (χ3n) is 3.43. The van der Waals surface area contributed by atoms with Crippen molar-refractivity contribution in [2.24, 2.45) is 22.9 Å². The smallest absolute Gasteiger partial charge is 0.259 e. The summed E-state index contributed by atoms with van der Waals surface area (Å²) in [6, 6.07) is 0. The van der Waals surface area contributed by atoms with Gasteiger partial charge in [0, 0.05) is 12.1 Å². The minimum absolute atomic E-state index is 0.00458. The summed E-state index contributed by atoms with van der Waals surface area (Å²) in [6.07, 6.45) is 8.93. The summed E-state index contributed by atoms with van der Waals surface area (Å²) in [5.74, 6) is 2.30. The van der Waals surface area contributed by atoms with Gasteiger partial charge in [-0.3, -0.25) is 4.79 Å². The van der Waals surface area contributed by atoms with Crippen molar-refractivity contribution < 1.29 is 4.79 Å². The van der Waals surface area contributed by atoms with Gasteiger partial charge in [-0.1, -0.05) is 36.1 Å². The molecule has 0 aromatic carbocycles. The second kappa shape index (κ2) is 3.96. The van der Waals surface area contributed by atoms with E-state index in [4.69, 9.17) is 12.2 Å². The Kier molecular flexibility index (Phi) is 2.59. The number of allylic oxidation sites excluding steroid dienone is 2. The molecule has 2 aliphatic carbocycles. The monoisotopic (exact) mass is 252 g/mol. The average molecular weight is 252 g/mol. The van der Waals surface area contributed by atoms with Crippen molar-refractivity contribution in [2.45, 2.75) is 12.8 Å². The number of hydrazone groups is 1. The number of carbonyl (C=O) groups is 1. The first-order valence-electron chi connectivity index (χ1n) is 5.46. The molecule has 0 N–H and O–H groups in total. The first-order valence-corrected chi connectivity index (χ1v) is 6.85. The van der Waals surface area contributed by atoms with Crippen LogP contribution in [0, 0.1) is 17.8 Å². The van der Waals surface area contributed by atoms with E-state index in [0.717, 1.165) is 5.92 Å². The van der Waals surface area contributed by atoms with Crippen LogP contribution in [0.5, 0.6) is 0 Å². The molecule has 1 saturated carbocycles. The normalized spacial score (nSPS) is 37.2. The van der Waals surface area contributed by atoms with Gasteiger partial charge in [0.1, 0.15) is 0 Å². The quantitative estimate of drug-likeness (QED) is 0.428. The van der Waals surface area contributed by atoms with Gasteiger partial charge in [-0.05, 0) is 24.7 Å². The summed E-state index contributed by atoms with van der Waals surface area (Å²) < 4.78 is 0.583. The lowest BCUT2D eigenvalue weighted by atomic mass is 9.95. The maximum Gasteiger partial charge on any atom is 0.259 e. The maximum absolute atomic E-state index is 11.4. The van der Waals surface area contributed by atoms with Crippen molar-refractivity contribution in [2.75, 3.05) is 5.75 Å². The average Bonchev–Trinajstić information content (AvgIpc) is 2.94. The highest BCUT2D eigenvalue weighted by molar-refractivity contribution is 8.23. The summed E-state index contributed by atoms with van der Waals surface area (Å²) in [6.45, 7) is 0. The van der Waals surface area contributed by atoms with E-state index in [1.54, 1.807) is 0 Å². The fraction of sp³-hybridized carbons (Fsp3) is 0.545. The molecular formula is C11H12N2OS2. The van der Waals surface area contributed by atoms with Crippen LogP contribution in [0.4, 0.5) is 0 Å². The van der Waals surface area contributed by atoms with E-state index in [9.17, 15) is 4.79 Å². The number of fused-ring (bicyclic) bond motifs is 2. The van der Waals surface area contributed by atoms with Gasteiger partial charge in [0.25, 0.3) is 5.91 Å². The van der Waals surface area contributed by atoms with Gasteiger partial charge in [0.15, 0.2) is 4.32 Å². The van der Waals surface area contributed by atoms with Crippen molar-refractivity contribution in [3.63, 3.8) is 0 Å². The number of hydrogen-bond donors (Lipinski definition) is 0. The zero-order valence-electron chi connectivity index (χ0n) is 8.70. The number of amides is 1. The number of carbonyl (C=O) groups excluding carboxylic acids is 1. The molecule has 2 bridgehead atoms. The molecule has 2 fully saturated rings. The van der Waals surface area contributed by atoms with Crippen molar-refractivity contribution in [3.05, 3.63) is 12.2 Å². The maximum atomic E-state index is 11.4. The first kappa shape index (κ1) is 10.5. The van der Waals surface area contributed by atoms with Gasteiger partial charge in [0.05, 0.1) is 5.75 Å². The van der Waals surface area contributed by atoms with E-state index < -0.39 is 0 Å². The van der Waals surface area contributed by atoms with E-state index in [0.29, 0.717) is 21.9 Å². The van der Waals surface area contributed by atoms with Crippen LogP contribution < -0.4 is 0 Å². The Hall–Kier alpha value is -0.680. The molecule has 3 rings (SSSR count). The van der Waals surface area contributed by atoms with Crippen molar-refractivity contribution in [1.82, 2.24) is 5.01 Å². The van der Waals surface area contributed by atoms with Crippen molar-refractivity contribution >= 4 is 40.4 Å². The molecule has 16 heavy (non-hydrogen) atoms. The third kappa shape index (κ3) is 1.72. The highest BCUT2D eigenvalue weighted by Gasteiger charge is 2.35. The molecule has 1 saturated heterocycles. The van der Waals surface area contributed by atoms with Gasteiger partial charge in [-0.2, -0.15) is 10.1 Å². The number of nitrogens with zero attached hydrogens (tertiary/aromatic N) is 2. The van der Waals surface area contributed by atoms with Crippen molar-refractivity contribution in [3.8, 4) is 0 Å². The summed E-state index contributed by atoms with van der Waals surface area (Å²) in [5.41, 5.74) is 0. The van der Waals surface area contributed by atoms with E-state index >= 15 is 0 Å². The van der Waals surface area contributed by atoms with Crippen molar-refractivity contribution in [1.29, 1.82) is 0 Å². The standard InChI is InChI=1S/C11H12N2OS2/c14-10-6-16-11(15)13(10)12-5-9-4-7-1-2-8(9)3-7/h1-2,5,7-9H,3-4,6H2. The summed E-state index contributed by atoms with van der Waals surface area (Å²) in [5, 5.41) is 5.62. The lowest BCUT2D eigenvalue weighted by Gasteiger charge is -2.14. The number of thioether (sulfide) groups is 1. The molecule has 1 aliphatic heterocycles. The molecule has 84 valence electrons. The van der Waals surface area contributed by atoms with Crippen LogP contribution in [0.15, 0.2) is 17.3 Å². The van der Waals surface area contributed by atoms with Crippen LogP contribution in [0.1, 0.15) is 12.8 Å². The van der Waals surface area contributed by atoms with Gasteiger partial charge in [0.2, 0.25) is 0 Å². The number of thiocarbonyl (C=S) groups is 1. The highest BCUT2D eigenvalue weighted by Crippen LogP contribution is 2.42. The molecule has 1 heterocycles. The van der Waals surface area contributed by atoms with Crippen LogP contribution in [-0.2, 0) is 4.79 Å². The van der Waals surface area contributed by atoms with E-state index in [1.807, 2.05) is 6.21 Å². The topological polar surface area (TPSA) is 32.7 Å². The molecular weight excluding hydrogens is 240 g/mol. The first-order chi connectivity index (χ1) is 7.74. The molecule has 0 radical (unpaired) electrons. The van der Waals surface area contributed by atoms with E-state index in [-0.39, 0.29) is 5.91 Å². The molecule has 0 spiro atoms. The molecule has 3 unspecified atom stereocenters. The van der Waals surface area contributed by atoms with Gasteiger partial charge in [-0.25, -0.2) is 0 Å². The largest absolute Gasteiger partial charge is 0.272 e. The minimum atomic E-state index is 0.00458. The van der Waals surface area contributed by atoms with E-state index in [2.05, 4.69) is 17.3 Å². The van der Waals surface area contributed by atoms with Crippen LogP contribution in [0.2, 0.25) is 0 Å². The zero-order chi connectivity index (χ0) is 11.1. The highest BCUT2D eigenvalue weighted by atomic mass is 32.2. The van der Waals surface area contributed by atoms with Gasteiger partial charge < -0.3 is 0 Å². The Morgan fingerprint density at radius 3 is 2.94 bits per heavy atom. The fourth-order valence-corrected chi connectivity index (χ4v) is 3.57. The lowest BCUT2D eigenvalue weighted by Crippen LogP contribution is -2.23. The molecule has 0 aromatic heterocycles. The zero-order valence-corrected chi connectivity index (χ0v) is 10.3. The second-order valence-electron chi connectivity index (χ2n) is 4.47. The summed E-state index contributed by atoms with van der Waals surface area (Å²) in [7, 11) is 0. The summed E-state index contributed by atoms with van der Waals surface area (Å²) in [4.78, 5) is 11.4. The Balaban J connectivity index is 1.68. The summed E-state index contributed by atoms with van der Waals surface area (Å²) >= 11 is 6.46. The Bertz CT molecular complexity index is 389. The fourth-order valence-electron chi connectivity index (χ4n) is 2.61. The molecule has 3 aliphatic rings. The van der Waals surface area contributed by atoms with Gasteiger partial charge in [-0.15, -0.1) is 0 Å². The van der Waals surface area contributed by atoms with Crippen LogP contribution >= 0.6 is 24.0 Å². The van der Waals surface area contributed by atoms with Crippen LogP contribution in [-0.4, -0.2) is 27.2 Å². The molecule has 3 atom stereocenters. The lowest BCUT2D eigenvalue weighted by molar-refractivity contribution is -0.124. The van der Waals surface area contributed by atoms with Crippen LogP contribution in [0.25, 0.3) is 0 Å². The number of hydrogen-bond acceptors (Lipinski definition) is 4. The predicted octanol–water partition coefficient (Wildman–Crippen LogP) is 2.04. The molecule has 3 nitrogen and oxygen atoms in total. The predicted molar refractivity (Wildman–Crippen MR) is 69.2 cm³/mol.